The van der Waals surface area contributed by atoms with Crippen LogP contribution in [0.5, 0.6) is 0 Å². The van der Waals surface area contributed by atoms with E-state index in [1.807, 2.05) is 0 Å². The number of nitrogen functional groups attached to an aromatic ring is 2. The smallest absolute Gasteiger partial charge is 0.338 e. The minimum atomic E-state index is -1.12. The van der Waals surface area contributed by atoms with Crippen LogP contribution in [0.2, 0.25) is 0 Å². The van der Waals surface area contributed by atoms with Crippen molar-refractivity contribution in [1.29, 1.82) is 5.26 Å². The molecule has 4 N–H and O–H groups in total. The van der Waals surface area contributed by atoms with Crippen molar-refractivity contribution in [2.24, 2.45) is 0 Å². The van der Waals surface area contributed by atoms with Gasteiger partial charge in [0, 0.05) is 0 Å². The van der Waals surface area contributed by atoms with E-state index >= 15 is 0 Å². The number of esters is 1. The Morgan fingerprint density at radius 2 is 1.76 bits per heavy atom. The van der Waals surface area contributed by atoms with E-state index in [9.17, 15) is 13.6 Å². The second-order valence-corrected chi connectivity index (χ2v) is 6.12. The van der Waals surface area contributed by atoms with E-state index in [1.54, 1.807) is 26.8 Å². The molecule has 2 aromatic rings. The minimum absolute atomic E-state index is 0.306. The van der Waals surface area contributed by atoms with E-state index in [1.165, 1.54) is 0 Å². The van der Waals surface area contributed by atoms with E-state index in [-0.39, 0.29) is 22.9 Å². The van der Waals surface area contributed by atoms with Gasteiger partial charge in [-0.05, 0) is 32.9 Å². The molecule has 1 aromatic carbocycles. The van der Waals surface area contributed by atoms with Crippen LogP contribution in [0.4, 0.5) is 20.5 Å². The Labute approximate surface area is 142 Å². The van der Waals surface area contributed by atoms with Gasteiger partial charge in [0.05, 0.1) is 11.1 Å². The van der Waals surface area contributed by atoms with Crippen molar-refractivity contribution in [2.75, 3.05) is 11.5 Å². The number of halogens is 2. The molecule has 130 valence electrons. The van der Waals surface area contributed by atoms with E-state index in [4.69, 9.17) is 21.5 Å². The van der Waals surface area contributed by atoms with Crippen molar-refractivity contribution in [3.8, 4) is 17.3 Å². The quantitative estimate of drug-likeness (QED) is 0.798. The van der Waals surface area contributed by atoms with Gasteiger partial charge in [-0.3, -0.25) is 0 Å². The molecule has 0 bridgehead atoms. The van der Waals surface area contributed by atoms with Gasteiger partial charge in [-0.15, -0.1) is 0 Å². The Hall–Kier alpha value is -3.28. The summed E-state index contributed by atoms with van der Waals surface area (Å²) < 4.78 is 34.0. The van der Waals surface area contributed by atoms with Crippen LogP contribution in [0, 0.1) is 23.0 Å². The molecule has 1 aromatic heterocycles. The molecule has 1 heterocycles. The highest BCUT2D eigenvalue weighted by Crippen LogP contribution is 2.31. The molecule has 0 atom stereocenters. The van der Waals surface area contributed by atoms with Gasteiger partial charge in [0.15, 0.2) is 0 Å². The number of nitrogens with two attached hydrogens (primary N) is 2. The molecule has 7 nitrogen and oxygen atoms in total. The summed E-state index contributed by atoms with van der Waals surface area (Å²) in [6.07, 6.45) is 0. The van der Waals surface area contributed by atoms with Gasteiger partial charge in [0.1, 0.15) is 40.4 Å². The Kier molecular flexibility index (Phi) is 4.56. The fourth-order valence-corrected chi connectivity index (χ4v) is 2.04. The molecule has 0 spiro atoms. The molecule has 0 saturated carbocycles. The van der Waals surface area contributed by atoms with E-state index in [0.29, 0.717) is 0 Å². The zero-order valence-corrected chi connectivity index (χ0v) is 13.7. The highest BCUT2D eigenvalue weighted by Gasteiger charge is 2.24. The summed E-state index contributed by atoms with van der Waals surface area (Å²) in [5, 5.41) is 9.13. The summed E-state index contributed by atoms with van der Waals surface area (Å²) in [6, 6.07) is 3.27. The predicted molar refractivity (Wildman–Crippen MR) is 86.1 cm³/mol. The summed E-state index contributed by atoms with van der Waals surface area (Å²) in [5.41, 5.74) is 8.49. The lowest BCUT2D eigenvalue weighted by molar-refractivity contribution is 0.00685. The molecule has 0 saturated heterocycles. The van der Waals surface area contributed by atoms with E-state index < -0.39 is 34.5 Å². The maximum Gasteiger partial charge on any atom is 0.338 e. The Balaban J connectivity index is 2.60. The van der Waals surface area contributed by atoms with Crippen LogP contribution in [-0.2, 0) is 4.74 Å². The van der Waals surface area contributed by atoms with Crippen LogP contribution in [0.3, 0.4) is 0 Å². The molecule has 0 aliphatic rings. The number of carbonyl (C=O) groups excluding carboxylic acids is 1. The minimum Gasteiger partial charge on any atom is -0.456 e. The Morgan fingerprint density at radius 1 is 1.20 bits per heavy atom. The third kappa shape index (κ3) is 3.80. The average Bonchev–Trinajstić information content (AvgIpc) is 2.44. The topological polar surface area (TPSA) is 128 Å². The lowest BCUT2D eigenvalue weighted by Gasteiger charge is -2.19. The number of carbonyl (C=O) groups is 1. The number of anilines is 2. The van der Waals surface area contributed by atoms with Gasteiger partial charge >= 0.3 is 5.97 Å². The van der Waals surface area contributed by atoms with Crippen LogP contribution < -0.4 is 11.5 Å². The highest BCUT2D eigenvalue weighted by molar-refractivity contribution is 5.90. The average molecular weight is 347 g/mol. The number of aromatic nitrogens is 2. The Morgan fingerprint density at radius 3 is 2.24 bits per heavy atom. The number of hydrogen-bond donors (Lipinski definition) is 2. The standard InChI is InChI=1S/C16H15F2N5O2/c1-16(2,3)25-14(24)7-4-9(17)11(10(18)5-7)12-8(6-19)13(20)23-15(21)22-12/h4-5H,1-3H3,(H4,20,21,22,23). The summed E-state index contributed by atoms with van der Waals surface area (Å²) in [7, 11) is 0. The third-order valence-electron chi connectivity index (χ3n) is 2.98. The number of ether oxygens (including phenoxy) is 1. The zero-order valence-electron chi connectivity index (χ0n) is 13.7. The number of rotatable bonds is 2. The lowest BCUT2D eigenvalue weighted by Crippen LogP contribution is -2.24. The van der Waals surface area contributed by atoms with Crippen molar-refractivity contribution in [2.45, 2.75) is 26.4 Å². The second kappa shape index (κ2) is 6.32. The van der Waals surface area contributed by atoms with Crippen LogP contribution in [-0.4, -0.2) is 21.5 Å². The van der Waals surface area contributed by atoms with Crippen molar-refractivity contribution < 1.29 is 18.3 Å². The van der Waals surface area contributed by atoms with Gasteiger partial charge < -0.3 is 16.2 Å². The number of hydrogen-bond acceptors (Lipinski definition) is 7. The molecule has 0 fully saturated rings. The van der Waals surface area contributed by atoms with Gasteiger partial charge in [-0.1, -0.05) is 0 Å². The molecule has 0 aliphatic carbocycles. The largest absolute Gasteiger partial charge is 0.456 e. The fraction of sp³-hybridized carbons (Fsp3) is 0.250. The van der Waals surface area contributed by atoms with Crippen LogP contribution >= 0.6 is 0 Å². The van der Waals surface area contributed by atoms with Gasteiger partial charge in [-0.2, -0.15) is 10.2 Å². The van der Waals surface area contributed by atoms with Crippen molar-refractivity contribution in [1.82, 2.24) is 9.97 Å². The number of nitriles is 1. The molecular weight excluding hydrogens is 332 g/mol. The summed E-state index contributed by atoms with van der Waals surface area (Å²) >= 11 is 0. The van der Waals surface area contributed by atoms with Gasteiger partial charge in [0.2, 0.25) is 5.95 Å². The fourth-order valence-electron chi connectivity index (χ4n) is 2.04. The first-order valence-electron chi connectivity index (χ1n) is 7.09. The molecule has 2 rings (SSSR count). The molecule has 0 aliphatic heterocycles. The SMILES string of the molecule is CC(C)(C)OC(=O)c1cc(F)c(-c2nc(N)nc(N)c2C#N)c(F)c1. The van der Waals surface area contributed by atoms with Crippen molar-refractivity contribution >= 4 is 17.7 Å². The maximum absolute atomic E-state index is 14.5. The van der Waals surface area contributed by atoms with E-state index in [2.05, 4.69) is 9.97 Å². The molecule has 9 heteroatoms. The monoisotopic (exact) mass is 347 g/mol. The molecule has 0 unspecified atom stereocenters. The van der Waals surface area contributed by atoms with Crippen LogP contribution in [0.1, 0.15) is 36.7 Å². The first-order valence-corrected chi connectivity index (χ1v) is 7.09. The zero-order chi connectivity index (χ0) is 18.9. The number of benzene rings is 1. The van der Waals surface area contributed by atoms with Crippen LogP contribution in [0.25, 0.3) is 11.3 Å². The van der Waals surface area contributed by atoms with Gasteiger partial charge in [0.25, 0.3) is 0 Å². The van der Waals surface area contributed by atoms with Crippen molar-refractivity contribution in [3.05, 3.63) is 34.9 Å². The summed E-state index contributed by atoms with van der Waals surface area (Å²) in [6.45, 7) is 4.87. The van der Waals surface area contributed by atoms with Crippen LogP contribution in [0.15, 0.2) is 12.1 Å². The summed E-state index contributed by atoms with van der Waals surface area (Å²) in [4.78, 5) is 19.2. The highest BCUT2D eigenvalue weighted by atomic mass is 19.1. The molecule has 0 amide bonds. The molecular formula is C16H15F2N5O2. The number of nitrogens with zero attached hydrogens (tertiary/aromatic N) is 3. The Bertz CT molecular complexity index is 878. The van der Waals surface area contributed by atoms with E-state index in [0.717, 1.165) is 12.1 Å². The molecule has 0 radical (unpaired) electrons. The second-order valence-electron chi connectivity index (χ2n) is 6.12. The normalized spacial score (nSPS) is 11.0. The first kappa shape index (κ1) is 18.1. The maximum atomic E-state index is 14.5. The van der Waals surface area contributed by atoms with Gasteiger partial charge in [-0.25, -0.2) is 18.6 Å². The van der Waals surface area contributed by atoms with Crippen molar-refractivity contribution in [3.63, 3.8) is 0 Å². The lowest BCUT2D eigenvalue weighted by atomic mass is 10.0. The predicted octanol–water partition coefficient (Wildman–Crippen LogP) is 2.41. The first-order chi connectivity index (χ1) is 11.5. The molecule has 25 heavy (non-hydrogen) atoms. The third-order valence-corrected chi connectivity index (χ3v) is 2.98. The summed E-state index contributed by atoms with van der Waals surface area (Å²) in [5.74, 6) is -3.77.